The molecule has 1 aromatic rings. The lowest BCUT2D eigenvalue weighted by molar-refractivity contribution is -0.137. The van der Waals surface area contributed by atoms with Crippen molar-refractivity contribution in [1.29, 1.82) is 0 Å². The third-order valence-corrected chi connectivity index (χ3v) is 4.83. The van der Waals surface area contributed by atoms with Gasteiger partial charge in [0, 0.05) is 24.2 Å². The van der Waals surface area contributed by atoms with Gasteiger partial charge >= 0.3 is 0 Å². The molecule has 0 aliphatic carbocycles. The average molecular weight is 294 g/mol. The fraction of sp³-hybridized carbons (Fsp3) is 0.562. The molecule has 2 heterocycles. The number of benzene rings is 1. The van der Waals surface area contributed by atoms with E-state index >= 15 is 0 Å². The van der Waals surface area contributed by atoms with Crippen LogP contribution in [0.1, 0.15) is 31.2 Å². The summed E-state index contributed by atoms with van der Waals surface area (Å²) in [6.07, 6.45) is 5.01. The zero-order valence-electron chi connectivity index (χ0n) is 11.7. The lowest BCUT2D eigenvalue weighted by Gasteiger charge is -2.38. The molecule has 20 heavy (non-hydrogen) atoms. The number of ether oxygens (including phenoxy) is 1. The summed E-state index contributed by atoms with van der Waals surface area (Å²) in [5.74, 6) is 0.245. The van der Waals surface area contributed by atoms with Gasteiger partial charge in [-0.3, -0.25) is 4.79 Å². The first-order valence-corrected chi connectivity index (χ1v) is 7.63. The lowest BCUT2D eigenvalue weighted by Crippen LogP contribution is -2.48. The highest BCUT2D eigenvalue weighted by atomic mass is 35.5. The van der Waals surface area contributed by atoms with Crippen molar-refractivity contribution in [2.24, 2.45) is 0 Å². The van der Waals surface area contributed by atoms with Crippen LogP contribution >= 0.6 is 11.6 Å². The first kappa shape index (κ1) is 13.9. The van der Waals surface area contributed by atoms with Gasteiger partial charge in [-0.15, -0.1) is 0 Å². The van der Waals surface area contributed by atoms with Gasteiger partial charge in [0.2, 0.25) is 5.91 Å². The maximum atomic E-state index is 12.6. The number of carbonyl (C=O) groups is 1. The van der Waals surface area contributed by atoms with Gasteiger partial charge in [0.1, 0.15) is 0 Å². The first-order valence-electron chi connectivity index (χ1n) is 7.26. The second kappa shape index (κ2) is 5.74. The quantitative estimate of drug-likeness (QED) is 0.857. The molecule has 2 unspecified atom stereocenters. The maximum absolute atomic E-state index is 12.6. The highest BCUT2D eigenvalue weighted by molar-refractivity contribution is 6.30. The summed E-state index contributed by atoms with van der Waals surface area (Å²) in [4.78, 5) is 14.7. The molecule has 2 fully saturated rings. The Morgan fingerprint density at radius 3 is 2.40 bits per heavy atom. The Labute approximate surface area is 124 Å². The fourth-order valence-electron chi connectivity index (χ4n) is 3.59. The lowest BCUT2D eigenvalue weighted by atomic mass is 9.98. The smallest absolute Gasteiger partial charge is 0.227 e. The Kier molecular flexibility index (Phi) is 3.99. The molecule has 0 spiro atoms. The summed E-state index contributed by atoms with van der Waals surface area (Å²) in [5.41, 5.74) is 1.03. The van der Waals surface area contributed by atoms with Gasteiger partial charge < -0.3 is 9.64 Å². The van der Waals surface area contributed by atoms with E-state index < -0.39 is 0 Å². The molecule has 2 aliphatic rings. The van der Waals surface area contributed by atoms with Crippen LogP contribution in [0.4, 0.5) is 0 Å². The van der Waals surface area contributed by atoms with Gasteiger partial charge in [0.05, 0.1) is 12.5 Å². The molecule has 2 atom stereocenters. The molecule has 3 nitrogen and oxygen atoms in total. The molecule has 1 aromatic carbocycles. The van der Waals surface area contributed by atoms with Crippen molar-refractivity contribution in [3.8, 4) is 0 Å². The van der Waals surface area contributed by atoms with E-state index in [0.717, 1.165) is 31.2 Å². The number of amides is 1. The predicted octanol–water partition coefficient (Wildman–Crippen LogP) is 3.05. The van der Waals surface area contributed by atoms with Crippen molar-refractivity contribution in [3.05, 3.63) is 34.9 Å². The minimum Gasteiger partial charge on any atom is -0.381 e. The molecule has 1 amide bonds. The highest BCUT2D eigenvalue weighted by Crippen LogP contribution is 2.37. The van der Waals surface area contributed by atoms with Crippen LogP contribution in [0, 0.1) is 0 Å². The monoisotopic (exact) mass is 293 g/mol. The number of carbonyl (C=O) groups excluding carboxylic acids is 1. The molecule has 0 N–H and O–H groups in total. The van der Waals surface area contributed by atoms with Crippen LogP contribution in [0.15, 0.2) is 24.3 Å². The Balaban J connectivity index is 1.67. The van der Waals surface area contributed by atoms with E-state index in [1.807, 2.05) is 24.3 Å². The summed E-state index contributed by atoms with van der Waals surface area (Å²) in [5, 5.41) is 0.710. The molecule has 3 rings (SSSR count). The molecule has 2 aliphatic heterocycles. The van der Waals surface area contributed by atoms with Crippen molar-refractivity contribution < 1.29 is 9.53 Å². The highest BCUT2D eigenvalue weighted by Gasteiger charge is 2.42. The Hall–Kier alpha value is -1.06. The normalized spacial score (nSPS) is 28.7. The summed E-state index contributed by atoms with van der Waals surface area (Å²) in [6.45, 7) is 0. The number of hydrogen-bond acceptors (Lipinski definition) is 2. The minimum absolute atomic E-state index is 0.245. The number of nitrogens with zero attached hydrogens (tertiary/aromatic N) is 1. The van der Waals surface area contributed by atoms with Crippen molar-refractivity contribution in [3.63, 3.8) is 0 Å². The van der Waals surface area contributed by atoms with Crippen molar-refractivity contribution >= 4 is 17.5 Å². The predicted molar refractivity (Wildman–Crippen MR) is 78.8 cm³/mol. The molecule has 4 heteroatoms. The van der Waals surface area contributed by atoms with E-state index in [-0.39, 0.29) is 5.91 Å². The third kappa shape index (κ3) is 2.70. The first-order chi connectivity index (χ1) is 9.67. The Morgan fingerprint density at radius 2 is 1.85 bits per heavy atom. The zero-order chi connectivity index (χ0) is 14.1. The molecule has 0 saturated carbocycles. The van der Waals surface area contributed by atoms with Gasteiger partial charge in [-0.05, 0) is 43.4 Å². The standard InChI is InChI=1S/C16H20ClNO2/c1-20-15-9-13-6-7-14(10-15)18(13)16(19)8-11-2-4-12(17)5-3-11/h2-5,13-15H,6-10H2,1H3. The number of piperidine rings is 1. The number of hydrogen-bond donors (Lipinski definition) is 0. The van der Waals surface area contributed by atoms with Crippen molar-refractivity contribution in [2.75, 3.05) is 7.11 Å². The van der Waals surface area contributed by atoms with E-state index in [0.29, 0.717) is 29.6 Å². The summed E-state index contributed by atoms with van der Waals surface area (Å²) in [6, 6.07) is 8.30. The van der Waals surface area contributed by atoms with Crippen LogP contribution in [-0.2, 0) is 16.0 Å². The van der Waals surface area contributed by atoms with Crippen molar-refractivity contribution in [1.82, 2.24) is 4.90 Å². The van der Waals surface area contributed by atoms with Crippen LogP contribution in [-0.4, -0.2) is 36.1 Å². The van der Waals surface area contributed by atoms with E-state index in [1.54, 1.807) is 7.11 Å². The topological polar surface area (TPSA) is 29.5 Å². The minimum atomic E-state index is 0.245. The van der Waals surface area contributed by atoms with E-state index in [2.05, 4.69) is 4.90 Å². The van der Waals surface area contributed by atoms with Crippen LogP contribution in [0.2, 0.25) is 5.02 Å². The fourth-order valence-corrected chi connectivity index (χ4v) is 3.72. The van der Waals surface area contributed by atoms with Gasteiger partial charge in [0.25, 0.3) is 0 Å². The maximum Gasteiger partial charge on any atom is 0.227 e. The molecule has 0 radical (unpaired) electrons. The van der Waals surface area contributed by atoms with E-state index in [1.165, 1.54) is 0 Å². The van der Waals surface area contributed by atoms with Crippen LogP contribution in [0.5, 0.6) is 0 Å². The van der Waals surface area contributed by atoms with E-state index in [4.69, 9.17) is 16.3 Å². The molecule has 0 aromatic heterocycles. The number of fused-ring (bicyclic) bond motifs is 2. The Bertz CT molecular complexity index is 474. The van der Waals surface area contributed by atoms with E-state index in [9.17, 15) is 4.79 Å². The molecular weight excluding hydrogens is 274 g/mol. The largest absolute Gasteiger partial charge is 0.381 e. The Morgan fingerprint density at radius 1 is 1.25 bits per heavy atom. The molecule has 2 bridgehead atoms. The van der Waals surface area contributed by atoms with Gasteiger partial charge in [-0.25, -0.2) is 0 Å². The third-order valence-electron chi connectivity index (χ3n) is 4.58. The second-order valence-corrected chi connectivity index (χ2v) is 6.25. The summed E-state index contributed by atoms with van der Waals surface area (Å²) in [7, 11) is 1.77. The average Bonchev–Trinajstić information content (AvgIpc) is 2.72. The van der Waals surface area contributed by atoms with Gasteiger partial charge in [0.15, 0.2) is 0 Å². The molecule has 2 saturated heterocycles. The van der Waals surface area contributed by atoms with Gasteiger partial charge in [-0.2, -0.15) is 0 Å². The van der Waals surface area contributed by atoms with Crippen LogP contribution in [0.3, 0.4) is 0 Å². The van der Waals surface area contributed by atoms with Gasteiger partial charge in [-0.1, -0.05) is 23.7 Å². The number of methoxy groups -OCH3 is 1. The zero-order valence-corrected chi connectivity index (χ0v) is 12.5. The number of rotatable bonds is 3. The molecular formula is C16H20ClNO2. The summed E-state index contributed by atoms with van der Waals surface area (Å²) >= 11 is 5.88. The van der Waals surface area contributed by atoms with Crippen LogP contribution < -0.4 is 0 Å². The van der Waals surface area contributed by atoms with Crippen molar-refractivity contribution in [2.45, 2.75) is 50.3 Å². The summed E-state index contributed by atoms with van der Waals surface area (Å²) < 4.78 is 5.48. The molecule has 108 valence electrons. The SMILES string of the molecule is COC1CC2CCC(C1)N2C(=O)Cc1ccc(Cl)cc1. The number of halogens is 1. The second-order valence-electron chi connectivity index (χ2n) is 5.82. The van der Waals surface area contributed by atoms with Crippen LogP contribution in [0.25, 0.3) is 0 Å².